The van der Waals surface area contributed by atoms with Gasteiger partial charge in [0.1, 0.15) is 12.7 Å². The Morgan fingerprint density at radius 3 is 1.95 bits per heavy atom. The van der Waals surface area contributed by atoms with Gasteiger partial charge in [-0.15, -0.1) is 0 Å². The van der Waals surface area contributed by atoms with Crippen molar-refractivity contribution in [3.8, 4) is 0 Å². The molecule has 0 aliphatic carbocycles. The molecule has 1 atom stereocenters. The Labute approximate surface area is 254 Å². The highest BCUT2D eigenvalue weighted by molar-refractivity contribution is 5.89. The first kappa shape index (κ1) is 33.7. The molecule has 42 heavy (non-hydrogen) atoms. The predicted molar refractivity (Wildman–Crippen MR) is 172 cm³/mol. The van der Waals surface area contributed by atoms with E-state index in [1.165, 1.54) is 94.4 Å². The summed E-state index contributed by atoms with van der Waals surface area (Å²) in [6.45, 7) is 4.35. The second-order valence-corrected chi connectivity index (χ2v) is 11.5. The van der Waals surface area contributed by atoms with E-state index in [4.69, 9.17) is 14.2 Å². The molecule has 0 spiro atoms. The van der Waals surface area contributed by atoms with Crippen molar-refractivity contribution in [1.29, 1.82) is 0 Å². The molecular formula is C37H54NO4+. The van der Waals surface area contributed by atoms with E-state index in [9.17, 15) is 4.79 Å². The molecule has 0 radical (unpaired) electrons. The van der Waals surface area contributed by atoms with Crippen LogP contribution in [0.4, 0.5) is 0 Å². The van der Waals surface area contributed by atoms with Gasteiger partial charge in [0.25, 0.3) is 0 Å². The summed E-state index contributed by atoms with van der Waals surface area (Å²) in [6.07, 6.45) is 20.7. The fourth-order valence-corrected chi connectivity index (χ4v) is 5.35. The third-order valence-corrected chi connectivity index (χ3v) is 8.01. The quantitative estimate of drug-likeness (QED) is 0.0643. The van der Waals surface area contributed by atoms with Gasteiger partial charge < -0.3 is 14.2 Å². The molecule has 230 valence electrons. The zero-order valence-corrected chi connectivity index (χ0v) is 26.2. The molecule has 2 aromatic carbocycles. The highest BCUT2D eigenvalue weighted by Crippen LogP contribution is 2.14. The lowest BCUT2D eigenvalue weighted by atomic mass is 10.0. The van der Waals surface area contributed by atoms with Crippen LogP contribution in [0.15, 0.2) is 66.9 Å². The second kappa shape index (κ2) is 21.0. The summed E-state index contributed by atoms with van der Waals surface area (Å²) < 4.78 is 19.0. The van der Waals surface area contributed by atoms with Gasteiger partial charge in [-0.05, 0) is 30.7 Å². The Bertz CT molecular complexity index is 1120. The van der Waals surface area contributed by atoms with Crippen LogP contribution in [0.2, 0.25) is 0 Å². The standard InChI is InChI=1S/C37H54NO4/c1-3-4-5-6-7-8-9-10-11-12-13-14-15-18-28-41-30-35(40-2)31-42-37(39)34-25-23-32(24-26-34)29-38-27-19-21-33-20-16-17-22-36(33)38/h16-17,19-27,35H,3-15,18,28-31H2,1-2H3/q+1. The van der Waals surface area contributed by atoms with Gasteiger partial charge in [-0.3, -0.25) is 0 Å². The number of hydrogen-bond donors (Lipinski definition) is 0. The van der Waals surface area contributed by atoms with Gasteiger partial charge in [0.15, 0.2) is 12.7 Å². The van der Waals surface area contributed by atoms with E-state index < -0.39 is 0 Å². The minimum absolute atomic E-state index is 0.182. The summed E-state index contributed by atoms with van der Waals surface area (Å²) in [5.74, 6) is -0.339. The lowest BCUT2D eigenvalue weighted by Gasteiger charge is -2.16. The molecule has 0 saturated carbocycles. The van der Waals surface area contributed by atoms with Gasteiger partial charge in [0.05, 0.1) is 12.2 Å². The molecule has 5 nitrogen and oxygen atoms in total. The summed E-state index contributed by atoms with van der Waals surface area (Å²) in [6, 6.07) is 20.1. The first-order valence-electron chi connectivity index (χ1n) is 16.4. The van der Waals surface area contributed by atoms with Gasteiger partial charge in [0.2, 0.25) is 5.52 Å². The number of fused-ring (bicyclic) bond motifs is 1. The van der Waals surface area contributed by atoms with E-state index in [1.807, 2.05) is 30.3 Å². The van der Waals surface area contributed by atoms with Crippen LogP contribution in [0.25, 0.3) is 10.9 Å². The minimum atomic E-state index is -0.339. The Kier molecular flexibility index (Phi) is 16.9. The minimum Gasteiger partial charge on any atom is -0.459 e. The summed E-state index contributed by atoms with van der Waals surface area (Å²) in [7, 11) is 1.63. The summed E-state index contributed by atoms with van der Waals surface area (Å²) in [5.41, 5.74) is 2.85. The maximum atomic E-state index is 12.6. The van der Waals surface area contributed by atoms with Crippen LogP contribution in [-0.2, 0) is 20.8 Å². The Balaban J connectivity index is 1.21. The summed E-state index contributed by atoms with van der Waals surface area (Å²) in [5, 5.41) is 1.21. The molecule has 0 aliphatic rings. The molecule has 5 heteroatoms. The zero-order valence-electron chi connectivity index (χ0n) is 26.2. The van der Waals surface area contributed by atoms with Gasteiger partial charge >= 0.3 is 5.97 Å². The monoisotopic (exact) mass is 576 g/mol. The number of rotatable bonds is 23. The molecule has 1 heterocycles. The van der Waals surface area contributed by atoms with Crippen molar-refractivity contribution in [3.05, 3.63) is 78.0 Å². The van der Waals surface area contributed by atoms with Gasteiger partial charge in [0, 0.05) is 36.8 Å². The highest BCUT2D eigenvalue weighted by Gasteiger charge is 2.14. The van der Waals surface area contributed by atoms with Crippen LogP contribution in [0.5, 0.6) is 0 Å². The molecule has 3 aromatic rings. The van der Waals surface area contributed by atoms with Gasteiger partial charge in [-0.25, -0.2) is 4.79 Å². The average molecular weight is 577 g/mol. The van der Waals surface area contributed by atoms with Crippen molar-refractivity contribution >= 4 is 16.9 Å². The van der Waals surface area contributed by atoms with E-state index in [1.54, 1.807) is 7.11 Å². The molecule has 0 saturated heterocycles. The molecule has 3 rings (SSSR count). The number of esters is 1. The van der Waals surface area contributed by atoms with Crippen LogP contribution < -0.4 is 4.57 Å². The Morgan fingerprint density at radius 1 is 0.714 bits per heavy atom. The lowest BCUT2D eigenvalue weighted by molar-refractivity contribution is -0.662. The molecule has 0 fully saturated rings. The lowest BCUT2D eigenvalue weighted by Crippen LogP contribution is -2.34. The number of benzene rings is 2. The first-order valence-corrected chi connectivity index (χ1v) is 16.4. The fraction of sp³-hybridized carbons (Fsp3) is 0.568. The number of carbonyl (C=O) groups is 1. The van der Waals surface area contributed by atoms with Gasteiger partial charge in [-0.2, -0.15) is 4.57 Å². The van der Waals surface area contributed by atoms with Crippen LogP contribution in [0.3, 0.4) is 0 Å². The average Bonchev–Trinajstić information content (AvgIpc) is 3.02. The van der Waals surface area contributed by atoms with Crippen molar-refractivity contribution in [3.63, 3.8) is 0 Å². The maximum Gasteiger partial charge on any atom is 0.338 e. The van der Waals surface area contributed by atoms with Crippen LogP contribution >= 0.6 is 0 Å². The number of para-hydroxylation sites is 1. The fourth-order valence-electron chi connectivity index (χ4n) is 5.35. The van der Waals surface area contributed by atoms with E-state index in [0.717, 1.165) is 25.1 Å². The second-order valence-electron chi connectivity index (χ2n) is 11.5. The highest BCUT2D eigenvalue weighted by atomic mass is 16.6. The topological polar surface area (TPSA) is 48.6 Å². The number of hydrogen-bond acceptors (Lipinski definition) is 4. The van der Waals surface area contributed by atoms with Crippen molar-refractivity contribution in [2.75, 3.05) is 26.9 Å². The van der Waals surface area contributed by atoms with Crippen molar-refractivity contribution < 1.29 is 23.6 Å². The van der Waals surface area contributed by atoms with Crippen LogP contribution in [0.1, 0.15) is 113 Å². The molecular weight excluding hydrogens is 522 g/mol. The molecule has 0 aliphatic heterocycles. The number of methoxy groups -OCH3 is 1. The normalized spacial score (nSPS) is 12.0. The largest absolute Gasteiger partial charge is 0.459 e. The third kappa shape index (κ3) is 13.0. The van der Waals surface area contributed by atoms with Crippen molar-refractivity contribution in [2.24, 2.45) is 0 Å². The number of carbonyl (C=O) groups excluding carboxylic acids is 1. The first-order chi connectivity index (χ1) is 20.7. The SMILES string of the molecule is CCCCCCCCCCCCCCCCOCC(COC(=O)c1ccc(C[n+]2cccc3ccccc32)cc1)OC. The number of unbranched alkanes of at least 4 members (excludes halogenated alkanes) is 13. The molecule has 0 N–H and O–H groups in total. The number of pyridine rings is 1. The van der Waals surface area contributed by atoms with E-state index in [0.29, 0.717) is 12.2 Å². The smallest absolute Gasteiger partial charge is 0.338 e. The van der Waals surface area contributed by atoms with E-state index in [2.05, 4.69) is 48.0 Å². The van der Waals surface area contributed by atoms with Crippen molar-refractivity contribution in [1.82, 2.24) is 0 Å². The van der Waals surface area contributed by atoms with Crippen LogP contribution in [0, 0.1) is 0 Å². The zero-order chi connectivity index (χ0) is 29.7. The number of aromatic nitrogens is 1. The molecule has 0 amide bonds. The predicted octanol–water partition coefficient (Wildman–Crippen LogP) is 8.85. The van der Waals surface area contributed by atoms with Gasteiger partial charge in [-0.1, -0.05) is 115 Å². The Hall–Kier alpha value is -2.76. The van der Waals surface area contributed by atoms with E-state index >= 15 is 0 Å². The number of ether oxygens (including phenoxy) is 3. The third-order valence-electron chi connectivity index (χ3n) is 8.01. The molecule has 1 unspecified atom stereocenters. The molecule has 1 aromatic heterocycles. The maximum absolute atomic E-state index is 12.6. The summed E-state index contributed by atoms with van der Waals surface area (Å²) in [4.78, 5) is 12.6. The number of nitrogens with zero attached hydrogens (tertiary/aromatic N) is 1. The summed E-state index contributed by atoms with van der Waals surface area (Å²) >= 11 is 0. The van der Waals surface area contributed by atoms with E-state index in [-0.39, 0.29) is 18.7 Å². The Morgan fingerprint density at radius 2 is 1.31 bits per heavy atom. The van der Waals surface area contributed by atoms with Crippen LogP contribution in [-0.4, -0.2) is 39.0 Å². The van der Waals surface area contributed by atoms with Crippen molar-refractivity contribution in [2.45, 2.75) is 109 Å². The molecule has 0 bridgehead atoms.